The van der Waals surface area contributed by atoms with Gasteiger partial charge in [0.1, 0.15) is 6.54 Å². The second kappa shape index (κ2) is 2.24. The van der Waals surface area contributed by atoms with Gasteiger partial charge in [0, 0.05) is 0 Å². The van der Waals surface area contributed by atoms with Crippen molar-refractivity contribution in [3.05, 3.63) is 0 Å². The molecule has 9 heavy (non-hydrogen) atoms. The maximum Gasteiger partial charge on any atom is 0.218 e. The summed E-state index contributed by atoms with van der Waals surface area (Å²) >= 11 is 0. The first-order chi connectivity index (χ1) is 4.27. The lowest BCUT2D eigenvalue weighted by atomic mass is 10.6. The first kappa shape index (κ1) is 6.38. The van der Waals surface area contributed by atoms with Crippen LogP contribution in [0.1, 0.15) is 0 Å². The number of aliphatic hydroxyl groups excluding tert-OH is 1. The average molecular weight is 128 g/mol. The first-order valence-electron chi connectivity index (χ1n) is 2.81. The summed E-state index contributed by atoms with van der Waals surface area (Å²) in [5, 5.41) is 12.5. The highest BCUT2D eigenvalue weighted by Gasteiger charge is 2.19. The van der Waals surface area contributed by atoms with Gasteiger partial charge >= 0.3 is 0 Å². The molecule has 1 unspecified atom stereocenters. The van der Waals surface area contributed by atoms with Gasteiger partial charge in [0.15, 0.2) is 6.34 Å². The molecule has 0 aliphatic carbocycles. The highest BCUT2D eigenvalue weighted by atomic mass is 16.3. The van der Waals surface area contributed by atoms with E-state index >= 15 is 0 Å². The predicted molar refractivity (Wildman–Crippen MR) is 35.1 cm³/mol. The van der Waals surface area contributed by atoms with Gasteiger partial charge in [-0.15, -0.1) is 0 Å². The fourth-order valence-electron chi connectivity index (χ4n) is 0.669. The minimum absolute atomic E-state index is 0.139. The summed E-state index contributed by atoms with van der Waals surface area (Å²) in [7, 11) is 1.88. The van der Waals surface area contributed by atoms with E-state index in [9.17, 15) is 0 Å². The molecule has 0 fully saturated rings. The van der Waals surface area contributed by atoms with Crippen molar-refractivity contribution in [3.63, 3.8) is 0 Å². The fourth-order valence-corrected chi connectivity index (χ4v) is 0.669. The van der Waals surface area contributed by atoms with Crippen molar-refractivity contribution in [2.24, 2.45) is 10.1 Å². The zero-order valence-electron chi connectivity index (χ0n) is 5.36. The van der Waals surface area contributed by atoms with E-state index in [1.165, 1.54) is 6.34 Å². The molecule has 1 N–H and O–H groups in total. The maximum absolute atomic E-state index is 8.54. The van der Waals surface area contributed by atoms with Crippen molar-refractivity contribution < 1.29 is 9.70 Å². The van der Waals surface area contributed by atoms with E-state index in [4.69, 9.17) is 5.11 Å². The number of nitrogens with zero attached hydrogens (tertiary/aromatic N) is 3. The highest BCUT2D eigenvalue weighted by Crippen LogP contribution is 2.01. The van der Waals surface area contributed by atoms with Crippen molar-refractivity contribution in [1.82, 2.24) is 0 Å². The fraction of sp³-hybridized carbons (Fsp3) is 0.600. The van der Waals surface area contributed by atoms with Gasteiger partial charge in [0.25, 0.3) is 0 Å². The van der Waals surface area contributed by atoms with Crippen LogP contribution in [-0.2, 0) is 0 Å². The Hall–Kier alpha value is -0.740. The van der Waals surface area contributed by atoms with Crippen LogP contribution in [0.2, 0.25) is 0 Å². The van der Waals surface area contributed by atoms with Crippen LogP contribution < -0.4 is 0 Å². The molecule has 0 aromatic heterocycles. The third-order valence-electron chi connectivity index (χ3n) is 1.25. The number of aliphatic hydroxyl groups is 1. The number of aliphatic imine (C=N–C) groups is 1. The second-order valence-corrected chi connectivity index (χ2v) is 2.16. The number of rotatable bonds is 2. The summed E-state index contributed by atoms with van der Waals surface area (Å²) < 4.78 is 0.372. The monoisotopic (exact) mass is 128 g/mol. The molecule has 1 heterocycles. The van der Waals surface area contributed by atoms with Crippen LogP contribution in [0.3, 0.4) is 0 Å². The van der Waals surface area contributed by atoms with E-state index in [1.54, 1.807) is 6.34 Å². The van der Waals surface area contributed by atoms with Gasteiger partial charge in [-0.1, -0.05) is 5.10 Å². The van der Waals surface area contributed by atoms with E-state index in [0.717, 1.165) is 0 Å². The summed E-state index contributed by atoms with van der Waals surface area (Å²) in [5.41, 5.74) is 0. The van der Waals surface area contributed by atoms with Gasteiger partial charge in [-0.25, -0.2) is 0 Å². The van der Waals surface area contributed by atoms with E-state index in [1.807, 2.05) is 7.05 Å². The minimum atomic E-state index is 0.139. The molecule has 1 atom stereocenters. The van der Waals surface area contributed by atoms with Gasteiger partial charge in [0.2, 0.25) is 6.34 Å². The summed E-state index contributed by atoms with van der Waals surface area (Å²) in [4.78, 5) is 3.80. The summed E-state index contributed by atoms with van der Waals surface area (Å²) in [6.45, 7) is 0.736. The lowest BCUT2D eigenvalue weighted by molar-refractivity contribution is -0.818. The second-order valence-electron chi connectivity index (χ2n) is 2.16. The third kappa shape index (κ3) is 1.34. The normalized spacial score (nSPS) is 31.8. The maximum atomic E-state index is 8.54. The van der Waals surface area contributed by atoms with Gasteiger partial charge < -0.3 is 5.11 Å². The Kier molecular flexibility index (Phi) is 1.59. The highest BCUT2D eigenvalue weighted by molar-refractivity contribution is 5.70. The molecule has 50 valence electrons. The zero-order chi connectivity index (χ0) is 6.74. The minimum Gasteiger partial charge on any atom is -0.390 e. The van der Waals surface area contributed by atoms with E-state index in [2.05, 4.69) is 10.1 Å². The molecule has 0 saturated heterocycles. The van der Waals surface area contributed by atoms with Gasteiger partial charge in [0.05, 0.1) is 13.7 Å². The summed E-state index contributed by atoms with van der Waals surface area (Å²) in [6, 6.07) is 0. The summed E-state index contributed by atoms with van der Waals surface area (Å²) in [5.74, 6) is 0. The lowest BCUT2D eigenvalue weighted by Crippen LogP contribution is -2.37. The largest absolute Gasteiger partial charge is 0.390 e. The topological polar surface area (TPSA) is 45.0 Å². The Morgan fingerprint density at radius 2 is 2.44 bits per heavy atom. The first-order valence-corrected chi connectivity index (χ1v) is 2.81. The van der Waals surface area contributed by atoms with Crippen molar-refractivity contribution in [3.8, 4) is 0 Å². The van der Waals surface area contributed by atoms with Gasteiger partial charge in [-0.2, -0.15) is 9.58 Å². The molecule has 0 amide bonds. The molecule has 1 aliphatic rings. The molecule has 4 heteroatoms. The molecular weight excluding hydrogens is 118 g/mol. The van der Waals surface area contributed by atoms with Crippen LogP contribution >= 0.6 is 0 Å². The van der Waals surface area contributed by atoms with Gasteiger partial charge in [-0.3, -0.25) is 0 Å². The third-order valence-corrected chi connectivity index (χ3v) is 1.25. The molecule has 0 saturated carbocycles. The standard InChI is InChI=1S/C5H10N3O/c1-8(2-3-9)5-6-4-7-8/h4-5,9H,2-3H2,1H3/q+1. The smallest absolute Gasteiger partial charge is 0.218 e. The van der Waals surface area contributed by atoms with Crippen molar-refractivity contribution in [2.45, 2.75) is 0 Å². The van der Waals surface area contributed by atoms with Crippen molar-refractivity contribution >= 4 is 12.7 Å². The molecule has 0 aromatic carbocycles. The molecule has 1 rings (SSSR count). The number of hydrogen-bond donors (Lipinski definition) is 1. The molecule has 0 radical (unpaired) electrons. The average Bonchev–Trinajstić information content (AvgIpc) is 2.16. The number of hydrogen-bond acceptors (Lipinski definition) is 3. The van der Waals surface area contributed by atoms with Gasteiger partial charge in [-0.05, 0) is 0 Å². The van der Waals surface area contributed by atoms with E-state index in [-0.39, 0.29) is 6.61 Å². The van der Waals surface area contributed by atoms with Crippen LogP contribution in [0.4, 0.5) is 0 Å². The molecule has 4 nitrogen and oxygen atoms in total. The van der Waals surface area contributed by atoms with Crippen LogP contribution in [0.5, 0.6) is 0 Å². The Labute approximate surface area is 53.7 Å². The van der Waals surface area contributed by atoms with Crippen LogP contribution in [0.25, 0.3) is 0 Å². The van der Waals surface area contributed by atoms with Crippen molar-refractivity contribution in [1.29, 1.82) is 0 Å². The van der Waals surface area contributed by atoms with E-state index < -0.39 is 0 Å². The van der Waals surface area contributed by atoms with Crippen LogP contribution in [0, 0.1) is 0 Å². The molecule has 1 aliphatic heterocycles. The van der Waals surface area contributed by atoms with Crippen LogP contribution in [0.15, 0.2) is 10.1 Å². The molecular formula is C5H10N3O+. The quantitative estimate of drug-likeness (QED) is 0.496. The Balaban J connectivity index is 2.53. The van der Waals surface area contributed by atoms with Crippen LogP contribution in [-0.4, -0.2) is 42.6 Å². The number of likely N-dealkylation sites (N-methyl/N-ethyl adjacent to an activating group) is 1. The Morgan fingerprint density at radius 3 is 2.89 bits per heavy atom. The molecule has 0 spiro atoms. The Morgan fingerprint density at radius 1 is 1.67 bits per heavy atom. The summed E-state index contributed by atoms with van der Waals surface area (Å²) in [6.07, 6.45) is 3.19. The zero-order valence-corrected chi connectivity index (χ0v) is 5.36. The predicted octanol–water partition coefficient (Wildman–Crippen LogP) is -0.590. The number of quaternary nitrogens is 1. The lowest BCUT2D eigenvalue weighted by Gasteiger charge is -2.16. The molecule has 0 bridgehead atoms. The SMILES string of the molecule is C[N+]1(CCO)C=NC=N1. The van der Waals surface area contributed by atoms with E-state index in [0.29, 0.717) is 11.1 Å². The van der Waals surface area contributed by atoms with Crippen molar-refractivity contribution in [2.75, 3.05) is 20.2 Å². The molecule has 0 aromatic rings. The Bertz CT molecular complexity index is 140.